The first kappa shape index (κ1) is 37.5. The van der Waals surface area contributed by atoms with Crippen molar-refractivity contribution >= 4 is 38.6 Å². The van der Waals surface area contributed by atoms with E-state index in [4.69, 9.17) is 0 Å². The molecule has 0 aliphatic heterocycles. The van der Waals surface area contributed by atoms with Gasteiger partial charge < -0.3 is 4.90 Å². The van der Waals surface area contributed by atoms with Gasteiger partial charge in [-0.1, -0.05) is 224 Å². The van der Waals surface area contributed by atoms with Crippen molar-refractivity contribution in [2.24, 2.45) is 0 Å². The minimum atomic E-state index is -0.509. The molecule has 0 bridgehead atoms. The highest BCUT2D eigenvalue weighted by molar-refractivity contribution is 6.01. The predicted molar refractivity (Wildman–Crippen MR) is 270 cm³/mol. The van der Waals surface area contributed by atoms with Crippen LogP contribution in [0.5, 0.6) is 0 Å². The van der Waals surface area contributed by atoms with Crippen molar-refractivity contribution in [3.05, 3.63) is 283 Å². The fraction of sp³-hybridized carbons (Fsp3) is 0.0159. The fourth-order valence-corrected chi connectivity index (χ4v) is 10.5. The summed E-state index contributed by atoms with van der Waals surface area (Å²) in [6, 6.07) is 95.8. The number of fused-ring (bicyclic) bond motifs is 5. The van der Waals surface area contributed by atoms with Gasteiger partial charge in [-0.25, -0.2) is 0 Å². The smallest absolute Gasteiger partial charge is 0.0714 e. The first-order valence-corrected chi connectivity index (χ1v) is 22.2. The Morgan fingerprint density at radius 3 is 1.41 bits per heavy atom. The van der Waals surface area contributed by atoms with Crippen molar-refractivity contribution in [2.75, 3.05) is 4.90 Å². The van der Waals surface area contributed by atoms with Gasteiger partial charge in [0, 0.05) is 16.9 Å². The molecule has 0 saturated heterocycles. The largest absolute Gasteiger partial charge is 0.310 e. The third kappa shape index (κ3) is 6.08. The van der Waals surface area contributed by atoms with E-state index in [1.807, 2.05) is 0 Å². The SMILES string of the molecule is c1ccc(-c2ccc3cccc(-c4ccc(N(c5ccc(-c6cccc7ccccc67)cc5)c5cccc6c5-c5ccccc5C6(c5ccccc5)c5ccccc5)cc4)c3c2)cc1. The third-order valence-corrected chi connectivity index (χ3v) is 13.4. The van der Waals surface area contributed by atoms with Crippen molar-refractivity contribution in [3.63, 3.8) is 0 Å². The molecule has 1 heteroatoms. The molecule has 0 spiro atoms. The molecule has 0 N–H and O–H groups in total. The van der Waals surface area contributed by atoms with E-state index in [-0.39, 0.29) is 0 Å². The van der Waals surface area contributed by atoms with Gasteiger partial charge in [0.05, 0.1) is 11.1 Å². The predicted octanol–water partition coefficient (Wildman–Crippen LogP) is 16.8. The van der Waals surface area contributed by atoms with Crippen LogP contribution in [-0.4, -0.2) is 0 Å². The Bertz CT molecular complexity index is 3420. The van der Waals surface area contributed by atoms with Gasteiger partial charge in [-0.2, -0.15) is 0 Å². The lowest BCUT2D eigenvalue weighted by Gasteiger charge is -2.34. The molecule has 0 radical (unpaired) electrons. The number of rotatable bonds is 8. The molecule has 0 unspecified atom stereocenters. The summed E-state index contributed by atoms with van der Waals surface area (Å²) in [6.07, 6.45) is 0. The molecule has 0 atom stereocenters. The lowest BCUT2D eigenvalue weighted by atomic mass is 9.68. The highest BCUT2D eigenvalue weighted by Gasteiger charge is 2.47. The maximum absolute atomic E-state index is 2.47. The first-order chi connectivity index (χ1) is 31.8. The minimum Gasteiger partial charge on any atom is -0.310 e. The Hall–Kier alpha value is -8.26. The van der Waals surface area contributed by atoms with E-state index in [1.165, 1.54) is 88.3 Å². The summed E-state index contributed by atoms with van der Waals surface area (Å²) in [5.74, 6) is 0. The molecular weight excluding hydrogens is 771 g/mol. The van der Waals surface area contributed by atoms with Gasteiger partial charge >= 0.3 is 0 Å². The maximum atomic E-state index is 2.47. The van der Waals surface area contributed by atoms with Gasteiger partial charge in [-0.3, -0.25) is 0 Å². The third-order valence-electron chi connectivity index (χ3n) is 13.4. The normalized spacial score (nSPS) is 12.5. The lowest BCUT2D eigenvalue weighted by molar-refractivity contribution is 0.768. The molecule has 0 saturated carbocycles. The summed E-state index contributed by atoms with van der Waals surface area (Å²) < 4.78 is 0. The van der Waals surface area contributed by atoms with E-state index in [2.05, 4.69) is 266 Å². The van der Waals surface area contributed by atoms with Gasteiger partial charge in [0.2, 0.25) is 0 Å². The van der Waals surface area contributed by atoms with Crippen LogP contribution in [0, 0.1) is 0 Å². The van der Waals surface area contributed by atoms with Crippen LogP contribution < -0.4 is 4.90 Å². The highest BCUT2D eigenvalue weighted by Crippen LogP contribution is 2.59. The van der Waals surface area contributed by atoms with Crippen LogP contribution in [0.1, 0.15) is 22.3 Å². The zero-order valence-electron chi connectivity index (χ0n) is 35.3. The molecular formula is C63H43N. The van der Waals surface area contributed by atoms with Crippen molar-refractivity contribution in [3.8, 4) is 44.5 Å². The molecule has 0 fully saturated rings. The van der Waals surface area contributed by atoms with Gasteiger partial charge in [0.1, 0.15) is 0 Å². The van der Waals surface area contributed by atoms with Crippen molar-refractivity contribution in [1.82, 2.24) is 0 Å². The molecule has 12 rings (SSSR count). The number of hydrogen-bond donors (Lipinski definition) is 0. The Morgan fingerprint density at radius 2 is 0.750 bits per heavy atom. The molecule has 64 heavy (non-hydrogen) atoms. The second kappa shape index (κ2) is 15.6. The second-order valence-electron chi connectivity index (χ2n) is 16.8. The van der Waals surface area contributed by atoms with Crippen LogP contribution in [0.15, 0.2) is 261 Å². The van der Waals surface area contributed by atoms with Crippen LogP contribution in [0.25, 0.3) is 66.1 Å². The summed E-state index contributed by atoms with van der Waals surface area (Å²) in [5, 5.41) is 4.97. The van der Waals surface area contributed by atoms with E-state index in [9.17, 15) is 0 Å². The molecule has 0 aromatic heterocycles. The van der Waals surface area contributed by atoms with Gasteiger partial charge in [-0.15, -0.1) is 0 Å². The zero-order valence-corrected chi connectivity index (χ0v) is 35.3. The van der Waals surface area contributed by atoms with E-state index in [1.54, 1.807) is 0 Å². The van der Waals surface area contributed by atoms with E-state index < -0.39 is 5.41 Å². The molecule has 0 heterocycles. The summed E-state index contributed by atoms with van der Waals surface area (Å²) in [6.45, 7) is 0. The van der Waals surface area contributed by atoms with Crippen LogP contribution in [0.3, 0.4) is 0 Å². The lowest BCUT2D eigenvalue weighted by Crippen LogP contribution is -2.28. The van der Waals surface area contributed by atoms with E-state index in [0.29, 0.717) is 0 Å². The van der Waals surface area contributed by atoms with Gasteiger partial charge in [0.15, 0.2) is 0 Å². The van der Waals surface area contributed by atoms with Crippen molar-refractivity contribution in [2.45, 2.75) is 5.41 Å². The molecule has 300 valence electrons. The van der Waals surface area contributed by atoms with Crippen LogP contribution >= 0.6 is 0 Å². The average Bonchev–Trinajstić information content (AvgIpc) is 3.69. The number of anilines is 3. The minimum absolute atomic E-state index is 0.509. The van der Waals surface area contributed by atoms with Crippen molar-refractivity contribution in [1.29, 1.82) is 0 Å². The summed E-state index contributed by atoms with van der Waals surface area (Å²) >= 11 is 0. The van der Waals surface area contributed by atoms with Gasteiger partial charge in [-0.05, 0) is 119 Å². The average molecular weight is 814 g/mol. The topological polar surface area (TPSA) is 3.24 Å². The van der Waals surface area contributed by atoms with E-state index in [0.717, 1.165) is 17.1 Å². The molecule has 1 nitrogen and oxygen atoms in total. The standard InChI is InChI=1S/C63H43N/c1-4-17-44(18-5-1)49-34-33-46-21-15-29-56(58(46)43-49)48-37-41-53(42-38-48)64(52-39-35-47(36-40-52)55-28-14-20-45-19-10-11-26-54(45)55)61-32-16-31-60-62(61)57-27-12-13-30-59(57)63(60,50-22-6-2-7-23-50)51-24-8-3-9-25-51/h1-43H. The van der Waals surface area contributed by atoms with Crippen molar-refractivity contribution < 1.29 is 0 Å². The summed E-state index contributed by atoms with van der Waals surface area (Å²) in [7, 11) is 0. The molecule has 1 aliphatic carbocycles. The monoisotopic (exact) mass is 813 g/mol. The second-order valence-corrected chi connectivity index (χ2v) is 16.8. The summed E-state index contributed by atoms with van der Waals surface area (Å²) in [4.78, 5) is 2.47. The number of benzene rings is 11. The van der Waals surface area contributed by atoms with Gasteiger partial charge in [0.25, 0.3) is 0 Å². The Balaban J connectivity index is 1.06. The molecule has 0 amide bonds. The quantitative estimate of drug-likeness (QED) is 0.148. The number of hydrogen-bond acceptors (Lipinski definition) is 1. The Morgan fingerprint density at radius 1 is 0.281 bits per heavy atom. The van der Waals surface area contributed by atoms with Crippen LogP contribution in [0.4, 0.5) is 17.1 Å². The Labute approximate surface area is 374 Å². The summed E-state index contributed by atoms with van der Waals surface area (Å²) in [5.41, 5.74) is 17.7. The maximum Gasteiger partial charge on any atom is 0.0714 e. The molecule has 11 aromatic carbocycles. The van der Waals surface area contributed by atoms with E-state index >= 15 is 0 Å². The zero-order chi connectivity index (χ0) is 42.5. The first-order valence-electron chi connectivity index (χ1n) is 22.2. The molecule has 11 aromatic rings. The Kier molecular flexibility index (Phi) is 9.13. The fourth-order valence-electron chi connectivity index (χ4n) is 10.5. The molecule has 1 aliphatic rings. The highest BCUT2D eigenvalue weighted by atomic mass is 15.1. The van der Waals surface area contributed by atoms with Crippen LogP contribution in [-0.2, 0) is 5.41 Å². The van der Waals surface area contributed by atoms with Crippen LogP contribution in [0.2, 0.25) is 0 Å². The number of nitrogens with zero attached hydrogens (tertiary/aromatic N) is 1.